The Morgan fingerprint density at radius 2 is 2.03 bits per heavy atom. The highest BCUT2D eigenvalue weighted by molar-refractivity contribution is 6.31. The van der Waals surface area contributed by atoms with Crippen molar-refractivity contribution in [3.05, 3.63) is 64.3 Å². The highest BCUT2D eigenvalue weighted by atomic mass is 35.5. The number of hydrogen-bond donors (Lipinski definition) is 2. The van der Waals surface area contributed by atoms with Gasteiger partial charge in [0.1, 0.15) is 11.6 Å². The van der Waals surface area contributed by atoms with Crippen molar-refractivity contribution in [3.8, 4) is 17.6 Å². The summed E-state index contributed by atoms with van der Waals surface area (Å²) < 4.78 is 10.8. The molecule has 0 aliphatic heterocycles. The van der Waals surface area contributed by atoms with Crippen LogP contribution in [0, 0.1) is 11.3 Å². The molecule has 0 fully saturated rings. The second kappa shape index (κ2) is 9.83. The molecule has 1 heterocycles. The number of allylic oxidation sites excluding steroid dienone is 1. The van der Waals surface area contributed by atoms with Crippen LogP contribution in [-0.2, 0) is 4.79 Å². The van der Waals surface area contributed by atoms with E-state index in [9.17, 15) is 14.9 Å². The molecule has 0 aliphatic carbocycles. The van der Waals surface area contributed by atoms with Gasteiger partial charge in [-0.3, -0.25) is 9.59 Å². The zero-order valence-electron chi connectivity index (χ0n) is 17.0. The van der Waals surface area contributed by atoms with Crippen molar-refractivity contribution in [1.82, 2.24) is 10.3 Å². The van der Waals surface area contributed by atoms with Crippen LogP contribution < -0.4 is 14.8 Å². The fraction of sp³-hybridized carbons (Fsp3) is 0.174. The second-order valence-corrected chi connectivity index (χ2v) is 6.98. The predicted octanol–water partition coefficient (Wildman–Crippen LogP) is 4.13. The first kappa shape index (κ1) is 21.9. The maximum atomic E-state index is 13.0. The maximum Gasteiger partial charge on any atom is 0.257 e. The number of carbonyl (C=O) groups excluding carboxylic acids is 2. The summed E-state index contributed by atoms with van der Waals surface area (Å²) in [6.07, 6.45) is 3.04. The predicted molar refractivity (Wildman–Crippen MR) is 118 cm³/mol. The molecule has 0 atom stereocenters. The number of nitriles is 1. The van der Waals surface area contributed by atoms with Gasteiger partial charge in [0.05, 0.1) is 7.11 Å². The lowest BCUT2D eigenvalue weighted by Gasteiger charge is -2.11. The normalized spacial score (nSPS) is 11.1. The van der Waals surface area contributed by atoms with Crippen molar-refractivity contribution < 1.29 is 19.1 Å². The molecule has 3 aromatic rings. The van der Waals surface area contributed by atoms with Crippen LogP contribution in [-0.4, -0.2) is 36.9 Å². The molecule has 0 spiro atoms. The van der Waals surface area contributed by atoms with Crippen LogP contribution in [0.3, 0.4) is 0 Å². The summed E-state index contributed by atoms with van der Waals surface area (Å²) in [6, 6.07) is 12.0. The standard InChI is InChI=1S/C23H20ClN3O4/c1-3-26-22(28)13-31-20-7-4-14(9-21(20)30-2)8-15(11-25)23(29)18-12-27-19-10-16(24)5-6-17(18)19/h4-10,12,27H,3,13H2,1-2H3,(H,26,28)/b15-8+. The van der Waals surface area contributed by atoms with E-state index >= 15 is 0 Å². The number of Topliss-reactive ketones (excluding diaryl/α,β-unsaturated/α-hetero) is 1. The molecule has 3 rings (SSSR count). The number of likely N-dealkylation sites (N-methyl/N-ethyl adjacent to an activating group) is 1. The Balaban J connectivity index is 1.86. The number of nitrogens with zero attached hydrogens (tertiary/aromatic N) is 1. The lowest BCUT2D eigenvalue weighted by atomic mass is 10.0. The van der Waals surface area contributed by atoms with Gasteiger partial charge < -0.3 is 19.8 Å². The first-order chi connectivity index (χ1) is 15.0. The highest BCUT2D eigenvalue weighted by Gasteiger charge is 2.17. The van der Waals surface area contributed by atoms with Crippen molar-refractivity contribution in [2.24, 2.45) is 0 Å². The molecule has 8 heteroatoms. The Hall–Kier alpha value is -3.76. The Morgan fingerprint density at radius 1 is 1.23 bits per heavy atom. The van der Waals surface area contributed by atoms with Gasteiger partial charge in [0, 0.05) is 34.2 Å². The molecule has 0 unspecified atom stereocenters. The summed E-state index contributed by atoms with van der Waals surface area (Å²) in [5.74, 6) is 0.103. The van der Waals surface area contributed by atoms with Gasteiger partial charge in [-0.2, -0.15) is 5.26 Å². The average molecular weight is 438 g/mol. The first-order valence-electron chi connectivity index (χ1n) is 9.47. The van der Waals surface area contributed by atoms with Crippen LogP contribution in [0.15, 0.2) is 48.2 Å². The topological polar surface area (TPSA) is 104 Å². The molecule has 0 saturated heterocycles. The zero-order chi connectivity index (χ0) is 22.4. The molecule has 0 saturated carbocycles. The number of aromatic nitrogens is 1. The minimum Gasteiger partial charge on any atom is -0.493 e. The van der Waals surface area contributed by atoms with Gasteiger partial charge in [-0.25, -0.2) is 0 Å². The number of ether oxygens (including phenoxy) is 2. The van der Waals surface area contributed by atoms with Crippen molar-refractivity contribution in [2.45, 2.75) is 6.92 Å². The van der Waals surface area contributed by atoms with Crippen LogP contribution in [0.25, 0.3) is 17.0 Å². The Kier molecular flexibility index (Phi) is 6.96. The van der Waals surface area contributed by atoms with Crippen LogP contribution in [0.2, 0.25) is 5.02 Å². The minimum absolute atomic E-state index is 0.0334. The number of benzene rings is 2. The van der Waals surface area contributed by atoms with Crippen LogP contribution in [0.1, 0.15) is 22.8 Å². The summed E-state index contributed by atoms with van der Waals surface area (Å²) in [4.78, 5) is 27.6. The lowest BCUT2D eigenvalue weighted by Crippen LogP contribution is -2.28. The Labute approximate surface area is 184 Å². The molecular formula is C23H20ClN3O4. The van der Waals surface area contributed by atoms with E-state index in [0.717, 1.165) is 0 Å². The number of fused-ring (bicyclic) bond motifs is 1. The van der Waals surface area contributed by atoms with Gasteiger partial charge in [0.2, 0.25) is 5.78 Å². The van der Waals surface area contributed by atoms with Gasteiger partial charge in [-0.15, -0.1) is 0 Å². The molecule has 1 amide bonds. The number of halogens is 1. The SMILES string of the molecule is CCNC(=O)COc1ccc(/C=C(\C#N)C(=O)c2c[nH]c3cc(Cl)ccc23)cc1OC. The van der Waals surface area contributed by atoms with E-state index in [4.69, 9.17) is 21.1 Å². The third-order valence-corrected chi connectivity index (χ3v) is 4.72. The van der Waals surface area contributed by atoms with Crippen molar-refractivity contribution >= 4 is 40.3 Å². The monoisotopic (exact) mass is 437 g/mol. The molecule has 1 aromatic heterocycles. The fourth-order valence-corrected chi connectivity index (χ4v) is 3.20. The van der Waals surface area contributed by atoms with E-state index in [0.29, 0.717) is 45.1 Å². The Morgan fingerprint density at radius 3 is 2.74 bits per heavy atom. The summed E-state index contributed by atoms with van der Waals surface area (Å²) in [7, 11) is 1.47. The maximum absolute atomic E-state index is 13.0. The molecule has 158 valence electrons. The van der Waals surface area contributed by atoms with Gasteiger partial charge in [0.15, 0.2) is 18.1 Å². The fourth-order valence-electron chi connectivity index (χ4n) is 3.03. The van der Waals surface area contributed by atoms with Crippen LogP contribution in [0.4, 0.5) is 0 Å². The molecule has 2 N–H and O–H groups in total. The van der Waals surface area contributed by atoms with Crippen LogP contribution in [0.5, 0.6) is 11.5 Å². The summed E-state index contributed by atoms with van der Waals surface area (Å²) in [5.41, 5.74) is 1.64. The van der Waals surface area contributed by atoms with Gasteiger partial charge in [-0.05, 0) is 42.8 Å². The summed E-state index contributed by atoms with van der Waals surface area (Å²) in [5, 5.41) is 13.5. The van der Waals surface area contributed by atoms with E-state index in [-0.39, 0.29) is 18.1 Å². The number of hydrogen-bond acceptors (Lipinski definition) is 5. The number of H-pyrrole nitrogens is 1. The van der Waals surface area contributed by atoms with Crippen molar-refractivity contribution in [3.63, 3.8) is 0 Å². The third kappa shape index (κ3) is 5.05. The van der Waals surface area contributed by atoms with Gasteiger partial charge in [0.25, 0.3) is 5.91 Å². The summed E-state index contributed by atoms with van der Waals surface area (Å²) in [6.45, 7) is 2.18. The lowest BCUT2D eigenvalue weighted by molar-refractivity contribution is -0.123. The first-order valence-corrected chi connectivity index (χ1v) is 9.85. The van der Waals surface area contributed by atoms with E-state index in [2.05, 4.69) is 10.3 Å². The number of ketones is 1. The van der Waals surface area contributed by atoms with E-state index in [1.807, 2.05) is 13.0 Å². The number of methoxy groups -OCH3 is 1. The highest BCUT2D eigenvalue weighted by Crippen LogP contribution is 2.30. The van der Waals surface area contributed by atoms with Crippen molar-refractivity contribution in [1.29, 1.82) is 5.26 Å². The van der Waals surface area contributed by atoms with Gasteiger partial charge >= 0.3 is 0 Å². The molecule has 0 radical (unpaired) electrons. The molecular weight excluding hydrogens is 418 g/mol. The Bertz CT molecular complexity index is 1210. The number of aromatic amines is 1. The minimum atomic E-state index is -0.411. The number of amides is 1. The molecule has 0 bridgehead atoms. The molecule has 31 heavy (non-hydrogen) atoms. The van der Waals surface area contributed by atoms with E-state index in [1.54, 1.807) is 42.6 Å². The smallest absolute Gasteiger partial charge is 0.257 e. The largest absolute Gasteiger partial charge is 0.493 e. The summed E-state index contributed by atoms with van der Waals surface area (Å²) >= 11 is 5.99. The second-order valence-electron chi connectivity index (χ2n) is 6.54. The van der Waals surface area contributed by atoms with Crippen LogP contribution >= 0.6 is 11.6 Å². The number of carbonyl (C=O) groups is 2. The molecule has 7 nitrogen and oxygen atoms in total. The number of nitrogens with one attached hydrogen (secondary N) is 2. The zero-order valence-corrected chi connectivity index (χ0v) is 17.7. The average Bonchev–Trinajstić information content (AvgIpc) is 3.19. The molecule has 2 aromatic carbocycles. The van der Waals surface area contributed by atoms with Gasteiger partial charge in [-0.1, -0.05) is 23.7 Å². The molecule has 0 aliphatic rings. The van der Waals surface area contributed by atoms with E-state index in [1.165, 1.54) is 13.2 Å². The quantitative estimate of drug-likeness (QED) is 0.313. The van der Waals surface area contributed by atoms with Crippen molar-refractivity contribution in [2.75, 3.05) is 20.3 Å². The number of rotatable bonds is 8. The van der Waals surface area contributed by atoms with E-state index < -0.39 is 5.78 Å². The third-order valence-electron chi connectivity index (χ3n) is 4.48.